The van der Waals surface area contributed by atoms with Gasteiger partial charge in [0.25, 0.3) is 0 Å². The first-order valence-corrected chi connectivity index (χ1v) is 23.7. The van der Waals surface area contributed by atoms with Crippen LogP contribution in [-0.2, 0) is 4.79 Å². The second-order valence-electron chi connectivity index (χ2n) is 16.9. The van der Waals surface area contributed by atoms with Crippen molar-refractivity contribution in [1.82, 2.24) is 20.4 Å². The highest BCUT2D eigenvalue weighted by Gasteiger charge is 2.38. The van der Waals surface area contributed by atoms with Crippen LogP contribution in [0.15, 0.2) is 20.0 Å². The number of nitrogens with zero attached hydrogens (tertiary/aromatic N) is 6. The number of nitrogens with one attached hydrogen (secondary N) is 2. The van der Waals surface area contributed by atoms with E-state index in [1.165, 1.54) is 25.7 Å². The fourth-order valence-corrected chi connectivity index (χ4v) is 6.63. The summed E-state index contributed by atoms with van der Waals surface area (Å²) in [5.41, 5.74) is 33.9. The van der Waals surface area contributed by atoms with E-state index in [9.17, 15) is 18.0 Å². The summed E-state index contributed by atoms with van der Waals surface area (Å²) in [7, 11) is 0. The molecular weight excluding hydrogens is 818 g/mol. The van der Waals surface area contributed by atoms with E-state index in [2.05, 4.69) is 40.4 Å². The van der Waals surface area contributed by atoms with Gasteiger partial charge < -0.3 is 59.9 Å². The number of carbonyl (C=O) groups excluding carboxylic acids is 1. The van der Waals surface area contributed by atoms with Crippen molar-refractivity contribution in [2.24, 2.45) is 66.2 Å². The zero-order chi connectivity index (χ0) is 46.6. The summed E-state index contributed by atoms with van der Waals surface area (Å²) < 4.78 is 31.7. The van der Waals surface area contributed by atoms with Crippen LogP contribution in [0.4, 0.5) is 18.0 Å². The molecule has 0 heterocycles. The summed E-state index contributed by atoms with van der Waals surface area (Å²) in [5.74, 6) is 0.197. The Labute approximate surface area is 375 Å². The Kier molecular flexibility index (Phi) is 32.4. The van der Waals surface area contributed by atoms with Crippen molar-refractivity contribution in [2.75, 3.05) is 65.4 Å². The van der Waals surface area contributed by atoms with Gasteiger partial charge in [-0.05, 0) is 88.9 Å². The molecule has 0 spiro atoms. The molecule has 2 saturated carbocycles. The molecule has 0 aliphatic heterocycles. The standard InChI is InChI=1S/C41H84N14O.C2HF3O2/c42-37(43)48-25-13-5-1-3-9-17-29-54(31-19-11-7-15-27-50-39(46)52-33-35-21-22-35)41(56)55(30-18-10-4-2-6-14-26-49-38(44)45)32-20-12-8-16-28-51-40(47)53-34-36-23-24-36;3-2(4,5)1(6)7/h35-36H,1-34H2,(H4,42,43,48)(H4,44,45,49)(H3,46,50,52)(H3,47,51,53);(H,6,7). The molecule has 20 heteroatoms. The molecule has 15 N–H and O–H groups in total. The lowest BCUT2D eigenvalue weighted by Gasteiger charge is -2.31. The molecule has 0 unspecified atom stereocenters. The van der Waals surface area contributed by atoms with Crippen LogP contribution in [0.2, 0.25) is 0 Å². The van der Waals surface area contributed by atoms with E-state index >= 15 is 0 Å². The summed E-state index contributed by atoms with van der Waals surface area (Å²) in [6.07, 6.45) is 21.7. The van der Waals surface area contributed by atoms with E-state index in [0.29, 0.717) is 25.0 Å². The maximum atomic E-state index is 14.3. The average molecular weight is 903 g/mol. The van der Waals surface area contributed by atoms with Crippen molar-refractivity contribution >= 4 is 35.8 Å². The van der Waals surface area contributed by atoms with Gasteiger partial charge in [-0.1, -0.05) is 77.0 Å². The van der Waals surface area contributed by atoms with Crippen molar-refractivity contribution in [1.29, 1.82) is 0 Å². The first-order valence-electron chi connectivity index (χ1n) is 23.7. The lowest BCUT2D eigenvalue weighted by Crippen LogP contribution is -2.45. The Morgan fingerprint density at radius 2 is 0.778 bits per heavy atom. The van der Waals surface area contributed by atoms with Gasteiger partial charge in [0.15, 0.2) is 23.8 Å². The van der Waals surface area contributed by atoms with E-state index in [1.54, 1.807) is 0 Å². The molecule has 2 amide bonds. The summed E-state index contributed by atoms with van der Waals surface area (Å²) >= 11 is 0. The van der Waals surface area contributed by atoms with E-state index < -0.39 is 12.1 Å². The zero-order valence-electron chi connectivity index (χ0n) is 38.2. The highest BCUT2D eigenvalue weighted by atomic mass is 19.4. The lowest BCUT2D eigenvalue weighted by atomic mass is 10.1. The molecule has 2 aliphatic rings. The lowest BCUT2D eigenvalue weighted by molar-refractivity contribution is -0.192. The largest absolute Gasteiger partial charge is 0.490 e. The van der Waals surface area contributed by atoms with Crippen LogP contribution in [0.3, 0.4) is 0 Å². The first-order chi connectivity index (χ1) is 30.2. The Hall–Kier alpha value is -4.39. The van der Waals surface area contributed by atoms with E-state index in [0.717, 1.165) is 193 Å². The van der Waals surface area contributed by atoms with Crippen molar-refractivity contribution in [3.8, 4) is 0 Å². The van der Waals surface area contributed by atoms with Gasteiger partial charge in [-0.25, -0.2) is 9.59 Å². The maximum absolute atomic E-state index is 14.3. The van der Waals surface area contributed by atoms with Gasteiger partial charge in [0.1, 0.15) is 0 Å². The van der Waals surface area contributed by atoms with Gasteiger partial charge in [0.2, 0.25) is 0 Å². The minimum Gasteiger partial charge on any atom is -0.475 e. The smallest absolute Gasteiger partial charge is 0.475 e. The molecule has 366 valence electrons. The minimum atomic E-state index is -5.08. The second kappa shape index (κ2) is 36.0. The maximum Gasteiger partial charge on any atom is 0.490 e. The number of aliphatic imine (C=N–C) groups is 4. The van der Waals surface area contributed by atoms with Crippen LogP contribution < -0.4 is 45.0 Å². The predicted molar refractivity (Wildman–Crippen MR) is 250 cm³/mol. The predicted octanol–water partition coefficient (Wildman–Crippen LogP) is 5.32. The van der Waals surface area contributed by atoms with Crippen molar-refractivity contribution in [3.63, 3.8) is 0 Å². The van der Waals surface area contributed by atoms with Crippen LogP contribution in [-0.4, -0.2) is 122 Å². The topological polar surface area (TPSA) is 290 Å². The van der Waals surface area contributed by atoms with Gasteiger partial charge in [-0.2, -0.15) is 13.2 Å². The molecule has 0 aromatic rings. The fraction of sp³-hybridized carbons (Fsp3) is 0.860. The zero-order valence-corrected chi connectivity index (χ0v) is 38.2. The third-order valence-electron chi connectivity index (χ3n) is 10.8. The van der Waals surface area contributed by atoms with Gasteiger partial charge in [0.05, 0.1) is 0 Å². The van der Waals surface area contributed by atoms with Crippen molar-refractivity contribution < 1.29 is 27.9 Å². The Balaban J connectivity index is 0.00000260. The quantitative estimate of drug-likeness (QED) is 0.0220. The molecule has 0 aromatic heterocycles. The van der Waals surface area contributed by atoms with E-state index in [-0.39, 0.29) is 18.0 Å². The number of nitrogens with two attached hydrogens (primary N) is 6. The molecule has 0 aromatic carbocycles. The summed E-state index contributed by atoms with van der Waals surface area (Å²) in [6.45, 7) is 8.00. The average Bonchev–Trinajstić information content (AvgIpc) is 4.17. The minimum absolute atomic E-state index is 0.165. The monoisotopic (exact) mass is 903 g/mol. The van der Waals surface area contributed by atoms with E-state index in [4.69, 9.17) is 44.3 Å². The molecule has 63 heavy (non-hydrogen) atoms. The third-order valence-corrected chi connectivity index (χ3v) is 10.8. The number of carbonyl (C=O) groups is 2. The SMILES string of the molecule is NC(N)=NCCCCCCCCN(CCCCCCNC(N)=NCC1CC1)C(=O)N(CCCCCCCCN=C(N)N)CCCCCCNC(N)=NCC1CC1.O=C(O)C(F)(F)F. The van der Waals surface area contributed by atoms with Crippen LogP contribution in [0, 0.1) is 11.8 Å². The molecule has 0 saturated heterocycles. The number of guanidine groups is 4. The first kappa shape index (κ1) is 56.6. The number of rotatable bonds is 36. The van der Waals surface area contributed by atoms with Crippen molar-refractivity contribution in [3.05, 3.63) is 0 Å². The number of carboxylic acid groups (broad SMARTS) is 1. The van der Waals surface area contributed by atoms with E-state index in [1.807, 2.05) is 0 Å². The van der Waals surface area contributed by atoms with Crippen LogP contribution in [0.5, 0.6) is 0 Å². The Morgan fingerprint density at radius 3 is 1.06 bits per heavy atom. The van der Waals surface area contributed by atoms with Crippen molar-refractivity contribution in [2.45, 2.75) is 160 Å². The van der Waals surface area contributed by atoms with Crippen LogP contribution >= 0.6 is 0 Å². The molecule has 2 rings (SSSR count). The van der Waals surface area contributed by atoms with Gasteiger partial charge >= 0.3 is 18.2 Å². The number of amides is 2. The molecule has 2 aliphatic carbocycles. The summed E-state index contributed by atoms with van der Waals surface area (Å²) in [6, 6.07) is 0.210. The summed E-state index contributed by atoms with van der Waals surface area (Å²) in [4.78, 5) is 44.5. The molecule has 17 nitrogen and oxygen atoms in total. The molecule has 0 bridgehead atoms. The Bertz CT molecular complexity index is 1240. The molecular formula is C43H85F3N14O3. The normalized spacial score (nSPS) is 14.0. The van der Waals surface area contributed by atoms with Gasteiger partial charge in [-0.15, -0.1) is 0 Å². The fourth-order valence-electron chi connectivity index (χ4n) is 6.63. The number of unbranched alkanes of at least 4 members (excludes halogenated alkanes) is 16. The van der Waals surface area contributed by atoms with Gasteiger partial charge in [-0.3, -0.25) is 20.0 Å². The number of hydrogen-bond acceptors (Lipinski definition) is 6. The molecule has 0 atom stereocenters. The number of carboxylic acids is 1. The highest BCUT2D eigenvalue weighted by molar-refractivity contribution is 5.78. The van der Waals surface area contributed by atoms with Gasteiger partial charge in [0, 0.05) is 65.4 Å². The summed E-state index contributed by atoms with van der Waals surface area (Å²) in [5, 5.41) is 13.7. The molecule has 0 radical (unpaired) electrons. The highest BCUT2D eigenvalue weighted by Crippen LogP contribution is 2.29. The number of halogens is 3. The Morgan fingerprint density at radius 1 is 0.492 bits per heavy atom. The number of alkyl halides is 3. The third kappa shape index (κ3) is 36.8. The number of aliphatic carboxylic acids is 1. The second-order valence-corrected chi connectivity index (χ2v) is 16.9. The number of hydrogen-bond donors (Lipinski definition) is 9. The van der Waals surface area contributed by atoms with Crippen LogP contribution in [0.1, 0.15) is 154 Å². The number of urea groups is 1. The molecule has 2 fully saturated rings. The van der Waals surface area contributed by atoms with Crippen LogP contribution in [0.25, 0.3) is 0 Å².